The van der Waals surface area contributed by atoms with Gasteiger partial charge in [0.25, 0.3) is 0 Å². The van der Waals surface area contributed by atoms with Gasteiger partial charge in [-0.25, -0.2) is 8.42 Å². The Balaban J connectivity index is 2.26. The zero-order valence-electron chi connectivity index (χ0n) is 16.5. The molecule has 0 aliphatic carbocycles. The maximum Gasteiger partial charge on any atom is 0.245 e. The quantitative estimate of drug-likeness (QED) is 0.790. The SMILES string of the molecule is CCc1cccc(C)c1N(CC(=O)Nc1ccc(N(C)C)cc1)S(C)(=O)=O. The first-order valence-corrected chi connectivity index (χ1v) is 10.6. The van der Waals surface area contributed by atoms with Crippen molar-refractivity contribution in [2.75, 3.05) is 41.4 Å². The molecule has 0 saturated carbocycles. The van der Waals surface area contributed by atoms with Crippen molar-refractivity contribution in [2.24, 2.45) is 0 Å². The van der Waals surface area contributed by atoms with E-state index in [1.807, 2.05) is 63.2 Å². The average molecular weight is 390 g/mol. The zero-order chi connectivity index (χ0) is 20.2. The summed E-state index contributed by atoms with van der Waals surface area (Å²) in [4.78, 5) is 14.5. The molecule has 0 bridgehead atoms. The highest BCUT2D eigenvalue weighted by Gasteiger charge is 2.24. The van der Waals surface area contributed by atoms with Crippen LogP contribution in [0, 0.1) is 6.92 Å². The summed E-state index contributed by atoms with van der Waals surface area (Å²) in [5.74, 6) is -0.386. The number of nitrogens with one attached hydrogen (secondary N) is 1. The molecular weight excluding hydrogens is 362 g/mol. The van der Waals surface area contributed by atoms with E-state index in [1.165, 1.54) is 4.31 Å². The fourth-order valence-corrected chi connectivity index (χ4v) is 3.84. The topological polar surface area (TPSA) is 69.7 Å². The first-order valence-electron chi connectivity index (χ1n) is 8.77. The molecule has 0 unspecified atom stereocenters. The van der Waals surface area contributed by atoms with Crippen molar-refractivity contribution in [1.29, 1.82) is 0 Å². The van der Waals surface area contributed by atoms with Crippen LogP contribution >= 0.6 is 0 Å². The molecule has 0 saturated heterocycles. The van der Waals surface area contributed by atoms with Gasteiger partial charge in [0.1, 0.15) is 6.54 Å². The molecule has 0 aromatic heterocycles. The van der Waals surface area contributed by atoms with Gasteiger partial charge in [0, 0.05) is 25.5 Å². The molecule has 6 nitrogen and oxygen atoms in total. The summed E-state index contributed by atoms with van der Waals surface area (Å²) >= 11 is 0. The smallest absolute Gasteiger partial charge is 0.245 e. The Morgan fingerprint density at radius 2 is 1.70 bits per heavy atom. The van der Waals surface area contributed by atoms with E-state index in [-0.39, 0.29) is 12.5 Å². The maximum atomic E-state index is 12.5. The average Bonchev–Trinajstić information content (AvgIpc) is 2.59. The number of amides is 1. The highest BCUT2D eigenvalue weighted by molar-refractivity contribution is 7.92. The molecule has 2 aromatic carbocycles. The summed E-state index contributed by atoms with van der Waals surface area (Å²) in [6.07, 6.45) is 1.80. The number of rotatable bonds is 7. The van der Waals surface area contributed by atoms with E-state index in [4.69, 9.17) is 0 Å². The van der Waals surface area contributed by atoms with Gasteiger partial charge in [-0.15, -0.1) is 0 Å². The molecule has 0 aliphatic heterocycles. The minimum atomic E-state index is -3.61. The lowest BCUT2D eigenvalue weighted by molar-refractivity contribution is -0.114. The van der Waals surface area contributed by atoms with Crippen LogP contribution in [0.15, 0.2) is 42.5 Å². The predicted octanol–water partition coefficient (Wildman–Crippen LogP) is 3.03. The maximum absolute atomic E-state index is 12.5. The summed E-state index contributed by atoms with van der Waals surface area (Å²) in [7, 11) is 0.259. The summed E-state index contributed by atoms with van der Waals surface area (Å²) in [6.45, 7) is 3.54. The lowest BCUT2D eigenvalue weighted by atomic mass is 10.1. The summed E-state index contributed by atoms with van der Waals surface area (Å²) in [5.41, 5.74) is 3.94. The summed E-state index contributed by atoms with van der Waals surface area (Å²) in [6, 6.07) is 13.0. The predicted molar refractivity (Wildman–Crippen MR) is 112 cm³/mol. The van der Waals surface area contributed by atoms with Crippen molar-refractivity contribution in [1.82, 2.24) is 0 Å². The van der Waals surface area contributed by atoms with Crippen molar-refractivity contribution < 1.29 is 13.2 Å². The van der Waals surface area contributed by atoms with Crippen molar-refractivity contribution in [3.05, 3.63) is 53.6 Å². The Kier molecular flexibility index (Phi) is 6.49. The molecule has 0 atom stereocenters. The number of carbonyl (C=O) groups excluding carboxylic acids is 1. The third-order valence-electron chi connectivity index (χ3n) is 4.31. The highest BCUT2D eigenvalue weighted by atomic mass is 32.2. The van der Waals surface area contributed by atoms with Gasteiger partial charge in [0.05, 0.1) is 11.9 Å². The molecule has 0 radical (unpaired) electrons. The third kappa shape index (κ3) is 5.23. The molecule has 1 amide bonds. The van der Waals surface area contributed by atoms with Crippen LogP contribution in [0.25, 0.3) is 0 Å². The van der Waals surface area contributed by atoms with Gasteiger partial charge in [-0.05, 0) is 48.7 Å². The Bertz CT molecular complexity index is 907. The second-order valence-electron chi connectivity index (χ2n) is 6.70. The number of aryl methyl sites for hydroxylation is 2. The molecule has 0 aliphatic rings. The molecule has 0 spiro atoms. The first kappa shape index (κ1) is 20.8. The highest BCUT2D eigenvalue weighted by Crippen LogP contribution is 2.28. The van der Waals surface area contributed by atoms with E-state index in [0.29, 0.717) is 17.8 Å². The van der Waals surface area contributed by atoms with Crippen LogP contribution in [0.4, 0.5) is 17.1 Å². The number of hydrogen-bond acceptors (Lipinski definition) is 4. The molecule has 0 heterocycles. The third-order valence-corrected chi connectivity index (χ3v) is 5.42. The summed E-state index contributed by atoms with van der Waals surface area (Å²) < 4.78 is 26.0. The number of nitrogens with zero attached hydrogens (tertiary/aromatic N) is 2. The second kappa shape index (κ2) is 8.43. The number of hydrogen-bond donors (Lipinski definition) is 1. The Morgan fingerprint density at radius 3 is 2.22 bits per heavy atom. The van der Waals surface area contributed by atoms with E-state index in [1.54, 1.807) is 12.1 Å². The lowest BCUT2D eigenvalue weighted by Crippen LogP contribution is -2.38. The van der Waals surface area contributed by atoms with Crippen LogP contribution < -0.4 is 14.5 Å². The van der Waals surface area contributed by atoms with E-state index in [0.717, 1.165) is 23.1 Å². The first-order chi connectivity index (χ1) is 12.6. The Hall–Kier alpha value is -2.54. The van der Waals surface area contributed by atoms with E-state index in [2.05, 4.69) is 5.32 Å². The molecule has 0 fully saturated rings. The molecular formula is C20H27N3O3S. The van der Waals surface area contributed by atoms with Crippen LogP contribution in [0.3, 0.4) is 0 Å². The minimum Gasteiger partial charge on any atom is -0.378 e. The number of para-hydroxylation sites is 1. The monoisotopic (exact) mass is 389 g/mol. The lowest BCUT2D eigenvalue weighted by Gasteiger charge is -2.26. The van der Waals surface area contributed by atoms with Gasteiger partial charge < -0.3 is 10.2 Å². The van der Waals surface area contributed by atoms with Gasteiger partial charge in [0.2, 0.25) is 15.9 Å². The largest absolute Gasteiger partial charge is 0.378 e. The molecule has 2 aromatic rings. The Morgan fingerprint density at radius 1 is 1.07 bits per heavy atom. The van der Waals surface area contributed by atoms with Crippen molar-refractivity contribution in [3.63, 3.8) is 0 Å². The Labute approximate surface area is 161 Å². The molecule has 27 heavy (non-hydrogen) atoms. The number of sulfonamides is 1. The van der Waals surface area contributed by atoms with Crippen LogP contribution in [0.2, 0.25) is 0 Å². The van der Waals surface area contributed by atoms with Gasteiger partial charge in [-0.2, -0.15) is 0 Å². The summed E-state index contributed by atoms with van der Waals surface area (Å²) in [5, 5.41) is 2.77. The van der Waals surface area contributed by atoms with Gasteiger partial charge in [0.15, 0.2) is 0 Å². The second-order valence-corrected chi connectivity index (χ2v) is 8.60. The normalized spacial score (nSPS) is 11.1. The fourth-order valence-electron chi connectivity index (χ4n) is 2.90. The van der Waals surface area contributed by atoms with E-state index in [9.17, 15) is 13.2 Å². The number of benzene rings is 2. The fraction of sp³-hybridized carbons (Fsp3) is 0.350. The van der Waals surface area contributed by atoms with Gasteiger partial charge >= 0.3 is 0 Å². The standard InChI is InChI=1S/C20H27N3O3S/c1-6-16-9-7-8-15(2)20(16)23(27(5,25)26)14-19(24)21-17-10-12-18(13-11-17)22(3)4/h7-13H,6,14H2,1-5H3,(H,21,24). The van der Waals surface area contributed by atoms with Gasteiger partial charge in [-0.3, -0.25) is 9.10 Å². The van der Waals surface area contributed by atoms with Crippen LogP contribution in [0.5, 0.6) is 0 Å². The number of carbonyl (C=O) groups is 1. The van der Waals surface area contributed by atoms with Crippen molar-refractivity contribution in [2.45, 2.75) is 20.3 Å². The van der Waals surface area contributed by atoms with Crippen molar-refractivity contribution >= 4 is 33.0 Å². The van der Waals surface area contributed by atoms with Crippen molar-refractivity contribution in [3.8, 4) is 0 Å². The zero-order valence-corrected chi connectivity index (χ0v) is 17.3. The van der Waals surface area contributed by atoms with Gasteiger partial charge in [-0.1, -0.05) is 25.1 Å². The van der Waals surface area contributed by atoms with Crippen LogP contribution in [-0.4, -0.2) is 41.2 Å². The molecule has 7 heteroatoms. The van der Waals surface area contributed by atoms with E-state index < -0.39 is 10.0 Å². The van der Waals surface area contributed by atoms with Crippen LogP contribution in [-0.2, 0) is 21.2 Å². The number of anilines is 3. The van der Waals surface area contributed by atoms with Crippen LogP contribution in [0.1, 0.15) is 18.1 Å². The molecule has 146 valence electrons. The molecule has 1 N–H and O–H groups in total. The van der Waals surface area contributed by atoms with E-state index >= 15 is 0 Å². The minimum absolute atomic E-state index is 0.272. The molecule has 2 rings (SSSR count).